The molecule has 0 spiro atoms. The van der Waals surface area contributed by atoms with Crippen molar-refractivity contribution in [2.24, 2.45) is 0 Å². The first kappa shape index (κ1) is 12.3. The molecule has 2 rings (SSSR count). The van der Waals surface area contributed by atoms with Crippen LogP contribution in [0, 0.1) is 0 Å². The monoisotopic (exact) mass is 268 g/mol. The molecule has 1 aromatic heterocycles. The average molecular weight is 269 g/mol. The zero-order valence-corrected chi connectivity index (χ0v) is 11.0. The van der Waals surface area contributed by atoms with E-state index in [1.807, 2.05) is 24.3 Å². The van der Waals surface area contributed by atoms with Crippen molar-refractivity contribution in [3.8, 4) is 5.88 Å². The standard InChI is InChI=1S/C12H13ClN2OS/c1-16-12-8-4-7-11(14-12)15-17-10-6-3-2-5-9(10)13/h4-8H,2-3H2,1H3,(H,14,15). The molecule has 0 atom stereocenters. The maximum absolute atomic E-state index is 6.09. The Hall–Kier alpha value is -1.13. The molecule has 90 valence electrons. The number of aromatic nitrogens is 1. The van der Waals surface area contributed by atoms with Crippen molar-refractivity contribution in [1.82, 2.24) is 4.98 Å². The molecule has 0 aromatic carbocycles. The van der Waals surface area contributed by atoms with E-state index < -0.39 is 0 Å². The lowest BCUT2D eigenvalue weighted by molar-refractivity contribution is 0.398. The molecule has 0 saturated heterocycles. The maximum atomic E-state index is 6.09. The summed E-state index contributed by atoms with van der Waals surface area (Å²) in [7, 11) is 1.60. The molecule has 0 fully saturated rings. The third-order valence-electron chi connectivity index (χ3n) is 2.25. The van der Waals surface area contributed by atoms with Crippen molar-refractivity contribution in [2.45, 2.75) is 12.8 Å². The number of rotatable bonds is 4. The Morgan fingerprint density at radius 3 is 2.94 bits per heavy atom. The van der Waals surface area contributed by atoms with Crippen LogP contribution in [-0.2, 0) is 0 Å². The van der Waals surface area contributed by atoms with Crippen LogP contribution in [0.15, 0.2) is 40.3 Å². The van der Waals surface area contributed by atoms with Crippen LogP contribution in [0.3, 0.4) is 0 Å². The first-order chi connectivity index (χ1) is 8.29. The van der Waals surface area contributed by atoms with E-state index in [0.29, 0.717) is 5.88 Å². The Balaban J connectivity index is 1.97. The number of methoxy groups -OCH3 is 1. The number of hydrogen-bond donors (Lipinski definition) is 1. The van der Waals surface area contributed by atoms with E-state index in [9.17, 15) is 0 Å². The highest BCUT2D eigenvalue weighted by molar-refractivity contribution is 8.04. The normalized spacial score (nSPS) is 14.9. The van der Waals surface area contributed by atoms with Gasteiger partial charge in [-0.15, -0.1) is 0 Å². The predicted molar refractivity (Wildman–Crippen MR) is 73.3 cm³/mol. The first-order valence-corrected chi connectivity index (χ1v) is 6.49. The number of anilines is 1. The molecule has 5 heteroatoms. The van der Waals surface area contributed by atoms with Crippen molar-refractivity contribution >= 4 is 29.4 Å². The Kier molecular flexibility index (Phi) is 4.34. The number of nitrogens with zero attached hydrogens (tertiary/aromatic N) is 1. The molecule has 0 unspecified atom stereocenters. The molecule has 3 nitrogen and oxygen atoms in total. The number of halogens is 1. The summed E-state index contributed by atoms with van der Waals surface area (Å²) in [5.74, 6) is 1.35. The van der Waals surface area contributed by atoms with Crippen LogP contribution in [0.5, 0.6) is 5.88 Å². The molecule has 0 radical (unpaired) electrons. The molecule has 0 bridgehead atoms. The Morgan fingerprint density at radius 2 is 2.18 bits per heavy atom. The van der Waals surface area contributed by atoms with Gasteiger partial charge in [0, 0.05) is 11.0 Å². The fourth-order valence-electron chi connectivity index (χ4n) is 1.41. The molecule has 0 saturated carbocycles. The molecule has 0 amide bonds. The zero-order chi connectivity index (χ0) is 12.1. The SMILES string of the molecule is COc1cccc(NSC2=CCCC=C2Cl)n1. The zero-order valence-electron chi connectivity index (χ0n) is 9.44. The van der Waals surface area contributed by atoms with Crippen LogP contribution >= 0.6 is 23.5 Å². The van der Waals surface area contributed by atoms with E-state index in [1.54, 1.807) is 7.11 Å². The molecule has 1 N–H and O–H groups in total. The van der Waals surface area contributed by atoms with Gasteiger partial charge in [-0.1, -0.05) is 29.8 Å². The second-order valence-electron chi connectivity index (χ2n) is 3.47. The quantitative estimate of drug-likeness (QED) is 0.839. The fraction of sp³-hybridized carbons (Fsp3) is 0.250. The lowest BCUT2D eigenvalue weighted by Crippen LogP contribution is -1.95. The third kappa shape index (κ3) is 3.41. The lowest BCUT2D eigenvalue weighted by atomic mass is 10.2. The topological polar surface area (TPSA) is 34.1 Å². The number of ether oxygens (including phenoxy) is 1. The summed E-state index contributed by atoms with van der Waals surface area (Å²) < 4.78 is 8.21. The summed E-state index contributed by atoms with van der Waals surface area (Å²) in [4.78, 5) is 5.30. The van der Waals surface area contributed by atoms with Crippen LogP contribution in [-0.4, -0.2) is 12.1 Å². The molecular weight excluding hydrogens is 256 g/mol. The van der Waals surface area contributed by atoms with E-state index in [1.165, 1.54) is 11.9 Å². The minimum atomic E-state index is 0.592. The highest BCUT2D eigenvalue weighted by atomic mass is 35.5. The van der Waals surface area contributed by atoms with Crippen molar-refractivity contribution in [1.29, 1.82) is 0 Å². The lowest BCUT2D eigenvalue weighted by Gasteiger charge is -2.11. The van der Waals surface area contributed by atoms with Gasteiger partial charge in [0.1, 0.15) is 5.82 Å². The van der Waals surface area contributed by atoms with Gasteiger partial charge in [0.15, 0.2) is 0 Å². The van der Waals surface area contributed by atoms with Gasteiger partial charge >= 0.3 is 0 Å². The van der Waals surface area contributed by atoms with E-state index in [0.717, 1.165) is 28.6 Å². The highest BCUT2D eigenvalue weighted by Crippen LogP contribution is 2.31. The van der Waals surface area contributed by atoms with Crippen LogP contribution in [0.2, 0.25) is 0 Å². The van der Waals surface area contributed by atoms with E-state index in [2.05, 4.69) is 15.8 Å². The predicted octanol–water partition coefficient (Wildman–Crippen LogP) is 3.95. The summed E-state index contributed by atoms with van der Waals surface area (Å²) >= 11 is 7.56. The van der Waals surface area contributed by atoms with Crippen LogP contribution in [0.1, 0.15) is 12.8 Å². The second-order valence-corrected chi connectivity index (χ2v) is 4.72. The molecule has 1 aliphatic carbocycles. The van der Waals surface area contributed by atoms with Gasteiger partial charge in [-0.25, -0.2) is 0 Å². The molecular formula is C12H13ClN2OS. The summed E-state index contributed by atoms with van der Waals surface area (Å²) in [6, 6.07) is 5.58. The van der Waals surface area contributed by atoms with Crippen LogP contribution in [0.4, 0.5) is 5.82 Å². The minimum Gasteiger partial charge on any atom is -0.481 e. The highest BCUT2D eigenvalue weighted by Gasteiger charge is 2.07. The number of hydrogen-bond acceptors (Lipinski definition) is 4. The number of allylic oxidation sites excluding steroid dienone is 3. The van der Waals surface area contributed by atoms with Gasteiger partial charge in [0.2, 0.25) is 5.88 Å². The molecule has 1 aliphatic rings. The molecule has 1 heterocycles. The van der Waals surface area contributed by atoms with Crippen LogP contribution < -0.4 is 9.46 Å². The summed E-state index contributed by atoms with van der Waals surface area (Å²) in [6.45, 7) is 0. The minimum absolute atomic E-state index is 0.592. The Labute approximate surface area is 110 Å². The summed E-state index contributed by atoms with van der Waals surface area (Å²) in [5.41, 5.74) is 0. The van der Waals surface area contributed by atoms with Gasteiger partial charge in [-0.3, -0.25) is 0 Å². The van der Waals surface area contributed by atoms with Crippen molar-refractivity contribution < 1.29 is 4.74 Å². The van der Waals surface area contributed by atoms with E-state index in [4.69, 9.17) is 16.3 Å². The van der Waals surface area contributed by atoms with Gasteiger partial charge < -0.3 is 9.46 Å². The van der Waals surface area contributed by atoms with Gasteiger partial charge in [0.05, 0.1) is 12.1 Å². The van der Waals surface area contributed by atoms with Gasteiger partial charge in [0.25, 0.3) is 0 Å². The van der Waals surface area contributed by atoms with Gasteiger partial charge in [-0.2, -0.15) is 4.98 Å². The molecule has 17 heavy (non-hydrogen) atoms. The number of pyridine rings is 1. The summed E-state index contributed by atoms with van der Waals surface area (Å²) in [6.07, 6.45) is 6.21. The third-order valence-corrected chi connectivity index (χ3v) is 3.64. The average Bonchev–Trinajstić information content (AvgIpc) is 2.38. The molecule has 0 aliphatic heterocycles. The maximum Gasteiger partial charge on any atom is 0.214 e. The molecule has 1 aromatic rings. The smallest absolute Gasteiger partial charge is 0.214 e. The Bertz CT molecular complexity index is 460. The van der Waals surface area contributed by atoms with E-state index >= 15 is 0 Å². The second kappa shape index (κ2) is 5.98. The number of nitrogens with one attached hydrogen (secondary N) is 1. The summed E-state index contributed by atoms with van der Waals surface area (Å²) in [5, 5.41) is 0.802. The fourth-order valence-corrected chi connectivity index (χ4v) is 2.42. The van der Waals surface area contributed by atoms with Crippen molar-refractivity contribution in [3.63, 3.8) is 0 Å². The first-order valence-electron chi connectivity index (χ1n) is 5.29. The van der Waals surface area contributed by atoms with Gasteiger partial charge in [-0.05, 0) is 30.9 Å². The van der Waals surface area contributed by atoms with Crippen molar-refractivity contribution in [2.75, 3.05) is 11.8 Å². The van der Waals surface area contributed by atoms with E-state index in [-0.39, 0.29) is 0 Å². The Morgan fingerprint density at radius 1 is 1.35 bits per heavy atom. The van der Waals surface area contributed by atoms with Crippen LogP contribution in [0.25, 0.3) is 0 Å². The largest absolute Gasteiger partial charge is 0.481 e. The van der Waals surface area contributed by atoms with Crippen molar-refractivity contribution in [3.05, 3.63) is 40.3 Å².